The number of hydrogen-bond donors (Lipinski definition) is 0. The van der Waals surface area contributed by atoms with Crippen LogP contribution in [-0.4, -0.2) is 52.6 Å². The molecule has 6 nitrogen and oxygen atoms in total. The van der Waals surface area contributed by atoms with Gasteiger partial charge in [-0.2, -0.15) is 0 Å². The van der Waals surface area contributed by atoms with Crippen LogP contribution < -0.4 is 0 Å². The number of likely N-dealkylation sites (tertiary alicyclic amines) is 1. The van der Waals surface area contributed by atoms with Crippen molar-refractivity contribution in [3.63, 3.8) is 0 Å². The lowest BCUT2D eigenvalue weighted by Gasteiger charge is -2.15. The fourth-order valence-electron chi connectivity index (χ4n) is 2.49. The zero-order valence-corrected chi connectivity index (χ0v) is 11.8. The van der Waals surface area contributed by atoms with Crippen molar-refractivity contribution in [1.29, 1.82) is 0 Å². The predicted octanol–water partition coefficient (Wildman–Crippen LogP) is 1.11. The molecule has 1 aliphatic heterocycles. The van der Waals surface area contributed by atoms with Gasteiger partial charge < -0.3 is 9.64 Å². The number of hydrogen-bond acceptors (Lipinski definition) is 5. The summed E-state index contributed by atoms with van der Waals surface area (Å²) >= 11 is 0. The molecule has 0 spiro atoms. The SMILES string of the molecule is CCCc1c(C(=O)OC)nnn1CCN1CCCC1. The number of methoxy groups -OCH3 is 1. The van der Waals surface area contributed by atoms with Gasteiger partial charge >= 0.3 is 5.97 Å². The van der Waals surface area contributed by atoms with Gasteiger partial charge in [-0.25, -0.2) is 9.48 Å². The molecule has 1 aliphatic rings. The van der Waals surface area contributed by atoms with Crippen LogP contribution in [0.4, 0.5) is 0 Å². The van der Waals surface area contributed by atoms with E-state index in [1.807, 2.05) is 4.68 Å². The summed E-state index contributed by atoms with van der Waals surface area (Å²) in [6, 6.07) is 0. The van der Waals surface area contributed by atoms with Gasteiger partial charge in [0.05, 0.1) is 19.3 Å². The smallest absolute Gasteiger partial charge is 0.360 e. The van der Waals surface area contributed by atoms with Crippen molar-refractivity contribution in [3.05, 3.63) is 11.4 Å². The summed E-state index contributed by atoms with van der Waals surface area (Å²) < 4.78 is 6.60. The summed E-state index contributed by atoms with van der Waals surface area (Å²) in [5.74, 6) is -0.393. The van der Waals surface area contributed by atoms with Gasteiger partial charge in [0.15, 0.2) is 5.69 Å². The van der Waals surface area contributed by atoms with Gasteiger partial charge in [-0.1, -0.05) is 18.6 Å². The molecule has 0 aliphatic carbocycles. The van der Waals surface area contributed by atoms with Crippen LogP contribution in [0.3, 0.4) is 0 Å². The van der Waals surface area contributed by atoms with Crippen molar-refractivity contribution in [2.45, 2.75) is 39.2 Å². The molecule has 0 amide bonds. The van der Waals surface area contributed by atoms with E-state index in [2.05, 4.69) is 22.1 Å². The number of rotatable bonds is 6. The molecular formula is C13H22N4O2. The van der Waals surface area contributed by atoms with Crippen LogP contribution in [0, 0.1) is 0 Å². The molecule has 0 bridgehead atoms. The first kappa shape index (κ1) is 14.0. The minimum absolute atomic E-state index is 0.366. The fraction of sp³-hybridized carbons (Fsp3) is 0.769. The summed E-state index contributed by atoms with van der Waals surface area (Å²) in [5, 5.41) is 8.07. The second kappa shape index (κ2) is 6.65. The molecule has 0 radical (unpaired) electrons. The van der Waals surface area contributed by atoms with E-state index in [0.717, 1.165) is 31.6 Å². The molecular weight excluding hydrogens is 244 g/mol. The first-order valence-electron chi connectivity index (χ1n) is 6.99. The Kier molecular flexibility index (Phi) is 4.90. The maximum Gasteiger partial charge on any atom is 0.360 e. The Hall–Kier alpha value is -1.43. The lowest BCUT2D eigenvalue weighted by Crippen LogP contribution is -2.25. The van der Waals surface area contributed by atoms with E-state index in [9.17, 15) is 4.79 Å². The topological polar surface area (TPSA) is 60.2 Å². The summed E-state index contributed by atoms with van der Waals surface area (Å²) in [6.07, 6.45) is 4.33. The molecule has 19 heavy (non-hydrogen) atoms. The van der Waals surface area contributed by atoms with E-state index in [4.69, 9.17) is 4.74 Å². The van der Waals surface area contributed by atoms with Gasteiger partial charge in [0.25, 0.3) is 0 Å². The second-order valence-electron chi connectivity index (χ2n) is 4.90. The Morgan fingerprint density at radius 1 is 1.32 bits per heavy atom. The third-order valence-electron chi connectivity index (χ3n) is 3.53. The Bertz CT molecular complexity index is 424. The molecule has 0 unspecified atom stereocenters. The number of aromatic nitrogens is 3. The van der Waals surface area contributed by atoms with Gasteiger partial charge in [0, 0.05) is 6.54 Å². The van der Waals surface area contributed by atoms with Gasteiger partial charge in [-0.15, -0.1) is 5.10 Å². The van der Waals surface area contributed by atoms with Gasteiger partial charge in [0.1, 0.15) is 0 Å². The van der Waals surface area contributed by atoms with E-state index in [1.54, 1.807) is 0 Å². The number of nitrogens with zero attached hydrogens (tertiary/aromatic N) is 4. The van der Waals surface area contributed by atoms with E-state index >= 15 is 0 Å². The molecule has 2 rings (SSSR count). The van der Waals surface area contributed by atoms with Crippen LogP contribution in [0.15, 0.2) is 0 Å². The Morgan fingerprint density at radius 3 is 2.68 bits per heavy atom. The summed E-state index contributed by atoms with van der Waals surface area (Å²) in [6.45, 7) is 6.18. The van der Waals surface area contributed by atoms with Crippen molar-refractivity contribution >= 4 is 5.97 Å². The summed E-state index contributed by atoms with van der Waals surface area (Å²) in [5.41, 5.74) is 1.26. The second-order valence-corrected chi connectivity index (χ2v) is 4.90. The Labute approximate surface area is 113 Å². The van der Waals surface area contributed by atoms with Crippen molar-refractivity contribution in [3.8, 4) is 0 Å². The van der Waals surface area contributed by atoms with Crippen LogP contribution in [-0.2, 0) is 17.7 Å². The monoisotopic (exact) mass is 266 g/mol. The maximum atomic E-state index is 11.6. The van der Waals surface area contributed by atoms with E-state index in [-0.39, 0.29) is 0 Å². The molecule has 0 N–H and O–H groups in total. The predicted molar refractivity (Wildman–Crippen MR) is 71.0 cm³/mol. The molecule has 0 atom stereocenters. The van der Waals surface area contributed by atoms with Crippen LogP contribution in [0.2, 0.25) is 0 Å². The van der Waals surface area contributed by atoms with Crippen LogP contribution in [0.25, 0.3) is 0 Å². The molecule has 2 heterocycles. The van der Waals surface area contributed by atoms with Crippen LogP contribution in [0.1, 0.15) is 42.4 Å². The Balaban J connectivity index is 2.05. The van der Waals surface area contributed by atoms with Crippen molar-refractivity contribution in [1.82, 2.24) is 19.9 Å². The molecule has 1 fully saturated rings. The maximum absolute atomic E-state index is 11.6. The molecule has 6 heteroatoms. The Morgan fingerprint density at radius 2 is 2.05 bits per heavy atom. The largest absolute Gasteiger partial charge is 0.464 e. The highest BCUT2D eigenvalue weighted by molar-refractivity contribution is 5.88. The average molecular weight is 266 g/mol. The standard InChI is InChI=1S/C13H22N4O2/c1-3-6-11-12(13(18)19-2)14-15-17(11)10-9-16-7-4-5-8-16/h3-10H2,1-2H3. The third-order valence-corrected chi connectivity index (χ3v) is 3.53. The zero-order valence-electron chi connectivity index (χ0n) is 11.8. The number of ether oxygens (including phenoxy) is 1. The lowest BCUT2D eigenvalue weighted by molar-refractivity contribution is 0.0592. The van der Waals surface area contributed by atoms with Crippen molar-refractivity contribution in [2.24, 2.45) is 0 Å². The number of carbonyl (C=O) groups excluding carboxylic acids is 1. The molecule has 0 aromatic carbocycles. The van der Waals surface area contributed by atoms with Crippen molar-refractivity contribution in [2.75, 3.05) is 26.7 Å². The minimum Gasteiger partial charge on any atom is -0.464 e. The summed E-state index contributed by atoms with van der Waals surface area (Å²) in [7, 11) is 1.38. The van der Waals surface area contributed by atoms with E-state index < -0.39 is 5.97 Å². The van der Waals surface area contributed by atoms with E-state index in [0.29, 0.717) is 5.69 Å². The number of carbonyl (C=O) groups is 1. The molecule has 0 saturated carbocycles. The molecule has 106 valence electrons. The molecule has 1 aromatic rings. The average Bonchev–Trinajstić information content (AvgIpc) is 3.05. The first-order chi connectivity index (χ1) is 9.26. The first-order valence-corrected chi connectivity index (χ1v) is 6.99. The minimum atomic E-state index is -0.393. The van der Waals surface area contributed by atoms with E-state index in [1.165, 1.54) is 33.0 Å². The number of esters is 1. The highest BCUT2D eigenvalue weighted by Crippen LogP contribution is 2.11. The van der Waals surface area contributed by atoms with Gasteiger partial charge in [-0.05, 0) is 32.4 Å². The third kappa shape index (κ3) is 3.32. The van der Waals surface area contributed by atoms with Crippen molar-refractivity contribution < 1.29 is 9.53 Å². The normalized spacial score (nSPS) is 15.9. The molecule has 1 saturated heterocycles. The highest BCUT2D eigenvalue weighted by atomic mass is 16.5. The molecule has 1 aromatic heterocycles. The van der Waals surface area contributed by atoms with Crippen LogP contribution in [0.5, 0.6) is 0 Å². The lowest BCUT2D eigenvalue weighted by atomic mass is 10.2. The van der Waals surface area contributed by atoms with Gasteiger partial charge in [-0.3, -0.25) is 0 Å². The quantitative estimate of drug-likeness (QED) is 0.722. The summed E-state index contributed by atoms with van der Waals surface area (Å²) in [4.78, 5) is 14.1. The fourth-order valence-corrected chi connectivity index (χ4v) is 2.49. The van der Waals surface area contributed by atoms with Gasteiger partial charge in [0.2, 0.25) is 0 Å². The zero-order chi connectivity index (χ0) is 13.7. The highest BCUT2D eigenvalue weighted by Gasteiger charge is 2.20. The van der Waals surface area contributed by atoms with Crippen LogP contribution >= 0.6 is 0 Å².